The third-order valence-corrected chi connectivity index (χ3v) is 3.37. The summed E-state index contributed by atoms with van der Waals surface area (Å²) in [6.45, 7) is 6.10. The second kappa shape index (κ2) is 5.52. The molecule has 10 heteroatoms. The van der Waals surface area contributed by atoms with Crippen molar-refractivity contribution in [3.05, 3.63) is 37.4 Å². The van der Waals surface area contributed by atoms with Gasteiger partial charge in [-0.2, -0.15) is 8.42 Å². The fourth-order valence-corrected chi connectivity index (χ4v) is 2.40. The van der Waals surface area contributed by atoms with Crippen molar-refractivity contribution in [1.82, 2.24) is 0 Å². The van der Waals surface area contributed by atoms with Gasteiger partial charge in [0.1, 0.15) is 5.56 Å². The number of benzene rings is 1. The Morgan fingerprint density at radius 3 is 1.95 bits per heavy atom. The zero-order chi connectivity index (χ0) is 17.5. The predicted octanol–water partition coefficient (Wildman–Crippen LogP) is 2.45. The van der Waals surface area contributed by atoms with Crippen LogP contribution in [0.4, 0.5) is 11.4 Å². The van der Waals surface area contributed by atoms with Crippen molar-refractivity contribution in [2.75, 3.05) is 6.26 Å². The molecule has 1 aromatic carbocycles. The summed E-state index contributed by atoms with van der Waals surface area (Å²) in [6.07, 6.45) is 0.750. The first-order chi connectivity index (χ1) is 9.75. The smallest absolute Gasteiger partial charge is 0.322 e. The number of rotatable bonds is 4. The minimum atomic E-state index is -4.04. The first-order valence-electron chi connectivity index (χ1n) is 6.12. The lowest BCUT2D eigenvalue weighted by Crippen LogP contribution is -2.18. The highest BCUT2D eigenvalue weighted by molar-refractivity contribution is 7.86. The quantitative estimate of drug-likeness (QED) is 0.470. The average Bonchev–Trinajstić information content (AvgIpc) is 2.23. The molecule has 122 valence electrons. The van der Waals surface area contributed by atoms with Crippen LogP contribution in [-0.4, -0.2) is 24.5 Å². The summed E-state index contributed by atoms with van der Waals surface area (Å²) in [5.74, 6) is -0.483. The first kappa shape index (κ1) is 17.8. The third-order valence-electron chi connectivity index (χ3n) is 2.90. The van der Waals surface area contributed by atoms with Gasteiger partial charge >= 0.3 is 15.8 Å². The second-order valence-electron chi connectivity index (χ2n) is 5.80. The normalized spacial score (nSPS) is 12.0. The summed E-state index contributed by atoms with van der Waals surface area (Å²) >= 11 is 0. The Labute approximate surface area is 127 Å². The Kier molecular flexibility index (Phi) is 4.47. The van der Waals surface area contributed by atoms with Crippen molar-refractivity contribution >= 4 is 21.5 Å². The van der Waals surface area contributed by atoms with Crippen LogP contribution >= 0.6 is 0 Å². The van der Waals surface area contributed by atoms with E-state index in [9.17, 15) is 28.6 Å². The summed E-state index contributed by atoms with van der Waals surface area (Å²) in [7, 11) is -4.04. The molecule has 0 saturated carbocycles. The highest BCUT2D eigenvalue weighted by Gasteiger charge is 2.36. The van der Waals surface area contributed by atoms with Gasteiger partial charge in [0.05, 0.1) is 16.1 Å². The largest absolute Gasteiger partial charge is 0.375 e. The van der Waals surface area contributed by atoms with Crippen molar-refractivity contribution in [3.63, 3.8) is 0 Å². The fraction of sp³-hybridized carbons (Fsp3) is 0.500. The molecule has 0 unspecified atom stereocenters. The van der Waals surface area contributed by atoms with Gasteiger partial charge in [-0.15, -0.1) is 0 Å². The first-order valence-corrected chi connectivity index (χ1v) is 7.93. The summed E-state index contributed by atoms with van der Waals surface area (Å²) in [5.41, 5.74) is -2.17. The monoisotopic (exact) mass is 332 g/mol. The van der Waals surface area contributed by atoms with Gasteiger partial charge in [0.2, 0.25) is 5.75 Å². The third kappa shape index (κ3) is 3.70. The lowest BCUT2D eigenvalue weighted by Gasteiger charge is -2.22. The number of nitrogens with zero attached hydrogens (tertiary/aromatic N) is 2. The fourth-order valence-electron chi connectivity index (χ4n) is 1.93. The van der Waals surface area contributed by atoms with E-state index >= 15 is 0 Å². The Balaban J connectivity index is 3.96. The highest BCUT2D eigenvalue weighted by atomic mass is 32.2. The van der Waals surface area contributed by atoms with Crippen molar-refractivity contribution in [2.45, 2.75) is 33.1 Å². The average molecular weight is 332 g/mol. The summed E-state index contributed by atoms with van der Waals surface area (Å²) in [5, 5.41) is 22.4. The molecule has 0 saturated heterocycles. The van der Waals surface area contributed by atoms with Crippen LogP contribution in [0, 0.1) is 27.2 Å². The highest BCUT2D eigenvalue weighted by Crippen LogP contribution is 2.44. The SMILES string of the molecule is Cc1c([N+](=O)[O-])cc(C(C)(C)C)c(OS(C)(=O)=O)c1[N+](=O)[O-]. The molecule has 0 aliphatic heterocycles. The van der Waals surface area contributed by atoms with Gasteiger partial charge in [-0.25, -0.2) is 0 Å². The van der Waals surface area contributed by atoms with E-state index in [1.165, 1.54) is 6.92 Å². The topological polar surface area (TPSA) is 130 Å². The molecule has 0 amide bonds. The van der Waals surface area contributed by atoms with Gasteiger partial charge in [-0.1, -0.05) is 20.8 Å². The molecule has 0 bridgehead atoms. The Morgan fingerprint density at radius 1 is 1.14 bits per heavy atom. The Morgan fingerprint density at radius 2 is 1.64 bits per heavy atom. The van der Waals surface area contributed by atoms with Crippen LogP contribution in [-0.2, 0) is 15.5 Å². The molecule has 1 aromatic rings. The molecule has 0 fully saturated rings. The molecule has 0 atom stereocenters. The van der Waals surface area contributed by atoms with Gasteiger partial charge < -0.3 is 4.18 Å². The van der Waals surface area contributed by atoms with E-state index in [1.54, 1.807) is 20.8 Å². The zero-order valence-electron chi connectivity index (χ0n) is 12.7. The van der Waals surface area contributed by atoms with Gasteiger partial charge in [-0.05, 0) is 12.3 Å². The molecular formula is C12H16N2O7S. The van der Waals surface area contributed by atoms with Crippen molar-refractivity contribution in [3.8, 4) is 5.75 Å². The van der Waals surface area contributed by atoms with E-state index < -0.39 is 42.5 Å². The summed E-state index contributed by atoms with van der Waals surface area (Å²) < 4.78 is 27.6. The molecule has 22 heavy (non-hydrogen) atoms. The van der Waals surface area contributed by atoms with Crippen molar-refractivity contribution in [2.24, 2.45) is 0 Å². The van der Waals surface area contributed by atoms with Crippen LogP contribution in [0.3, 0.4) is 0 Å². The van der Waals surface area contributed by atoms with Crippen molar-refractivity contribution < 1.29 is 22.4 Å². The molecule has 0 heterocycles. The van der Waals surface area contributed by atoms with Crippen LogP contribution < -0.4 is 4.18 Å². The molecule has 9 nitrogen and oxygen atoms in total. The van der Waals surface area contributed by atoms with Crippen LogP contribution in [0.1, 0.15) is 31.9 Å². The van der Waals surface area contributed by atoms with Gasteiger partial charge in [0.15, 0.2) is 0 Å². The molecule has 1 rings (SSSR count). The van der Waals surface area contributed by atoms with Gasteiger partial charge in [0, 0.05) is 11.6 Å². The summed E-state index contributed by atoms with van der Waals surface area (Å²) in [6, 6.07) is 1.11. The standard InChI is InChI=1S/C12H16N2O7S/c1-7-9(13(15)16)6-8(12(2,3)4)11(10(7)14(17)18)21-22(5,19)20/h6H,1-5H3. The Hall–Kier alpha value is -2.23. The maximum absolute atomic E-state index is 11.4. The molecule has 0 aliphatic rings. The minimum Gasteiger partial charge on any atom is -0.375 e. The van der Waals surface area contributed by atoms with E-state index in [0.29, 0.717) is 0 Å². The lowest BCUT2D eigenvalue weighted by molar-refractivity contribution is -0.395. The molecule has 0 aliphatic carbocycles. The van der Waals surface area contributed by atoms with E-state index in [-0.39, 0.29) is 11.1 Å². The molecule has 0 N–H and O–H groups in total. The van der Waals surface area contributed by atoms with Crippen LogP contribution in [0.5, 0.6) is 5.75 Å². The van der Waals surface area contributed by atoms with Crippen LogP contribution in [0.2, 0.25) is 0 Å². The molecule has 0 aromatic heterocycles. The lowest BCUT2D eigenvalue weighted by atomic mass is 9.84. The molecular weight excluding hydrogens is 316 g/mol. The zero-order valence-corrected chi connectivity index (χ0v) is 13.6. The maximum Gasteiger partial charge on any atom is 0.322 e. The summed E-state index contributed by atoms with van der Waals surface area (Å²) in [4.78, 5) is 20.8. The van der Waals surface area contributed by atoms with Crippen LogP contribution in [0.25, 0.3) is 0 Å². The van der Waals surface area contributed by atoms with Gasteiger partial charge in [-0.3, -0.25) is 20.2 Å². The maximum atomic E-state index is 11.4. The van der Waals surface area contributed by atoms with E-state index in [2.05, 4.69) is 0 Å². The number of nitro groups is 2. The number of nitro benzene ring substituents is 2. The van der Waals surface area contributed by atoms with Crippen molar-refractivity contribution in [1.29, 1.82) is 0 Å². The number of hydrogen-bond donors (Lipinski definition) is 0. The van der Waals surface area contributed by atoms with E-state index in [0.717, 1.165) is 12.3 Å². The number of hydrogen-bond acceptors (Lipinski definition) is 7. The minimum absolute atomic E-state index is 0.0712. The second-order valence-corrected chi connectivity index (χ2v) is 7.37. The molecule has 0 spiro atoms. The van der Waals surface area contributed by atoms with Gasteiger partial charge in [0.25, 0.3) is 5.69 Å². The van der Waals surface area contributed by atoms with E-state index in [4.69, 9.17) is 4.18 Å². The molecule has 0 radical (unpaired) electrons. The Bertz CT molecular complexity index is 748. The predicted molar refractivity (Wildman–Crippen MR) is 78.7 cm³/mol. The van der Waals surface area contributed by atoms with Crippen LogP contribution in [0.15, 0.2) is 6.07 Å². The van der Waals surface area contributed by atoms with E-state index in [1.807, 2.05) is 0 Å².